The zero-order valence-corrected chi connectivity index (χ0v) is 20.2. The lowest BCUT2D eigenvalue weighted by Gasteiger charge is -2.28. The normalized spacial score (nSPS) is 13.1. The molecule has 0 aliphatic carbocycles. The van der Waals surface area contributed by atoms with Gasteiger partial charge in [0, 0.05) is 24.3 Å². The van der Waals surface area contributed by atoms with Crippen LogP contribution in [0.3, 0.4) is 0 Å². The van der Waals surface area contributed by atoms with Crippen molar-refractivity contribution in [2.45, 2.75) is 43.4 Å². The Morgan fingerprint density at radius 3 is 2.53 bits per heavy atom. The van der Waals surface area contributed by atoms with Gasteiger partial charge >= 0.3 is 0 Å². The molecule has 3 aromatic carbocycles. The first-order valence-electron chi connectivity index (χ1n) is 11.2. The fourth-order valence-corrected chi connectivity index (χ4v) is 4.86. The molecule has 178 valence electrons. The van der Waals surface area contributed by atoms with Crippen LogP contribution < -0.4 is 10.0 Å². The fourth-order valence-electron chi connectivity index (χ4n) is 3.79. The van der Waals surface area contributed by atoms with Gasteiger partial charge in [-0.3, -0.25) is 4.72 Å². The second-order valence-corrected chi connectivity index (χ2v) is 10.7. The zero-order valence-electron chi connectivity index (χ0n) is 19.3. The first kappa shape index (κ1) is 23.9. The van der Waals surface area contributed by atoms with Crippen LogP contribution in [0.1, 0.15) is 31.9 Å². The number of rotatable bonds is 10. The van der Waals surface area contributed by atoms with Crippen LogP contribution in [0.4, 0.5) is 5.69 Å². The number of hydrogen-bond donors (Lipinski definition) is 3. The van der Waals surface area contributed by atoms with Crippen LogP contribution in [0.5, 0.6) is 0 Å². The van der Waals surface area contributed by atoms with Gasteiger partial charge < -0.3 is 15.0 Å². The van der Waals surface area contributed by atoms with Gasteiger partial charge in [-0.25, -0.2) is 13.4 Å². The molecule has 0 bridgehead atoms. The van der Waals surface area contributed by atoms with Gasteiger partial charge in [-0.05, 0) is 62.2 Å². The van der Waals surface area contributed by atoms with Gasteiger partial charge in [0.15, 0.2) is 0 Å². The number of aliphatic hydroxyl groups excluding tert-OH is 1. The van der Waals surface area contributed by atoms with E-state index in [2.05, 4.69) is 39.5 Å². The van der Waals surface area contributed by atoms with E-state index in [0.717, 1.165) is 24.0 Å². The summed E-state index contributed by atoms with van der Waals surface area (Å²) in [5.41, 5.74) is 2.90. The topological polar surface area (TPSA) is 96.2 Å². The lowest BCUT2D eigenvalue weighted by atomic mass is 9.99. The average molecular weight is 479 g/mol. The summed E-state index contributed by atoms with van der Waals surface area (Å²) in [5.74, 6) is 0. The predicted molar refractivity (Wildman–Crippen MR) is 135 cm³/mol. The molecule has 1 heterocycles. The number of fused-ring (bicyclic) bond motifs is 1. The Balaban J connectivity index is 1.35. The Labute approximate surface area is 200 Å². The molecule has 0 saturated heterocycles. The molecule has 0 radical (unpaired) electrons. The summed E-state index contributed by atoms with van der Waals surface area (Å²) < 4.78 is 29.9. The third kappa shape index (κ3) is 5.83. The Kier molecular flexibility index (Phi) is 7.02. The molecule has 0 amide bonds. The molecule has 8 heteroatoms. The quantitative estimate of drug-likeness (QED) is 0.315. The highest BCUT2D eigenvalue weighted by molar-refractivity contribution is 7.92. The van der Waals surface area contributed by atoms with Crippen LogP contribution >= 0.6 is 0 Å². The minimum Gasteiger partial charge on any atom is -0.387 e. The third-order valence-electron chi connectivity index (χ3n) is 5.86. The third-order valence-corrected chi connectivity index (χ3v) is 7.25. The number of β-amino-alcohol motifs (C(OH)–C–C–N with tert-alkyl or cyclic N) is 1. The molecule has 1 atom stereocenters. The number of para-hydroxylation sites is 2. The van der Waals surface area contributed by atoms with Crippen molar-refractivity contribution in [1.29, 1.82) is 0 Å². The maximum Gasteiger partial charge on any atom is 0.261 e. The van der Waals surface area contributed by atoms with Crippen molar-refractivity contribution in [3.63, 3.8) is 0 Å². The van der Waals surface area contributed by atoms with E-state index in [9.17, 15) is 13.5 Å². The molecule has 0 saturated carbocycles. The lowest BCUT2D eigenvalue weighted by Crippen LogP contribution is -2.42. The monoisotopic (exact) mass is 478 g/mol. The van der Waals surface area contributed by atoms with E-state index >= 15 is 0 Å². The molecule has 3 N–H and O–H groups in total. The molecule has 7 nitrogen and oxygen atoms in total. The van der Waals surface area contributed by atoms with E-state index < -0.39 is 16.1 Å². The van der Waals surface area contributed by atoms with Crippen molar-refractivity contribution in [2.75, 3.05) is 11.3 Å². The number of aliphatic hydroxyl groups is 1. The summed E-state index contributed by atoms with van der Waals surface area (Å²) in [5, 5.41) is 14.2. The number of aromatic nitrogens is 2. The van der Waals surface area contributed by atoms with Crippen LogP contribution in [-0.2, 0) is 16.6 Å². The van der Waals surface area contributed by atoms with Crippen molar-refractivity contribution in [3.8, 4) is 0 Å². The summed E-state index contributed by atoms with van der Waals surface area (Å²) in [6, 6.07) is 23.1. The molecule has 0 aliphatic heterocycles. The highest BCUT2D eigenvalue weighted by atomic mass is 32.2. The molecule has 1 aromatic heterocycles. The van der Waals surface area contributed by atoms with E-state index in [0.29, 0.717) is 17.8 Å². The number of nitrogens with zero attached hydrogens (tertiary/aromatic N) is 2. The highest BCUT2D eigenvalue weighted by Gasteiger charge is 2.20. The van der Waals surface area contributed by atoms with Crippen LogP contribution in [0.25, 0.3) is 11.0 Å². The van der Waals surface area contributed by atoms with E-state index in [1.807, 2.05) is 24.5 Å². The molecule has 4 rings (SSSR count). The van der Waals surface area contributed by atoms with Crippen LogP contribution in [-0.4, -0.2) is 35.2 Å². The maximum atomic E-state index is 12.6. The molecule has 0 aliphatic rings. The molecule has 4 aromatic rings. The maximum absolute atomic E-state index is 12.6. The summed E-state index contributed by atoms with van der Waals surface area (Å²) >= 11 is 0. The standard InChI is InChI=1S/C26H30N4O3S/c1-26(2,15-16-30-19-27-23-13-6-7-14-24(23)30)28-18-25(31)20-9-8-10-21(17-20)29-34(32,33)22-11-4-3-5-12-22/h3-14,17,19,25,28-29,31H,15-16,18H2,1-2H3. The van der Waals surface area contributed by atoms with Crippen molar-refractivity contribution in [2.24, 2.45) is 0 Å². The predicted octanol–water partition coefficient (Wildman–Crippen LogP) is 4.33. The SMILES string of the molecule is CC(C)(CCn1cnc2ccccc21)NCC(O)c1cccc(NS(=O)(=O)c2ccccc2)c1. The van der Waals surface area contributed by atoms with Crippen molar-refractivity contribution >= 4 is 26.7 Å². The Morgan fingerprint density at radius 1 is 1.00 bits per heavy atom. The summed E-state index contributed by atoms with van der Waals surface area (Å²) in [6.07, 6.45) is 1.92. The van der Waals surface area contributed by atoms with Gasteiger partial charge in [-0.2, -0.15) is 0 Å². The van der Waals surface area contributed by atoms with E-state index in [1.165, 1.54) is 0 Å². The number of benzene rings is 3. The lowest BCUT2D eigenvalue weighted by molar-refractivity contribution is 0.158. The summed E-state index contributed by atoms with van der Waals surface area (Å²) in [6.45, 7) is 5.34. The molecule has 0 fully saturated rings. The van der Waals surface area contributed by atoms with Crippen LogP contribution in [0, 0.1) is 0 Å². The number of nitrogens with one attached hydrogen (secondary N) is 2. The van der Waals surface area contributed by atoms with Crippen molar-refractivity contribution in [3.05, 3.63) is 90.8 Å². The van der Waals surface area contributed by atoms with Crippen molar-refractivity contribution < 1.29 is 13.5 Å². The smallest absolute Gasteiger partial charge is 0.261 e. The average Bonchev–Trinajstić information content (AvgIpc) is 3.25. The Morgan fingerprint density at radius 2 is 1.74 bits per heavy atom. The first-order chi connectivity index (χ1) is 16.2. The fraction of sp³-hybridized carbons (Fsp3) is 0.269. The molecule has 34 heavy (non-hydrogen) atoms. The summed E-state index contributed by atoms with van der Waals surface area (Å²) in [7, 11) is -3.69. The minimum atomic E-state index is -3.69. The Bertz CT molecular complexity index is 1350. The van der Waals surface area contributed by atoms with Crippen molar-refractivity contribution in [1.82, 2.24) is 14.9 Å². The van der Waals surface area contributed by atoms with E-state index in [-0.39, 0.29) is 10.4 Å². The van der Waals surface area contributed by atoms with Gasteiger partial charge in [0.2, 0.25) is 0 Å². The molecular weight excluding hydrogens is 448 g/mol. The van der Waals surface area contributed by atoms with Crippen LogP contribution in [0.15, 0.2) is 90.1 Å². The number of aryl methyl sites for hydroxylation is 1. The number of imidazole rings is 1. The Hall–Kier alpha value is -3.20. The first-order valence-corrected chi connectivity index (χ1v) is 12.7. The van der Waals surface area contributed by atoms with E-state index in [1.54, 1.807) is 54.6 Å². The highest BCUT2D eigenvalue weighted by Crippen LogP contribution is 2.22. The number of anilines is 1. The van der Waals surface area contributed by atoms with Gasteiger partial charge in [0.1, 0.15) is 0 Å². The number of hydrogen-bond acceptors (Lipinski definition) is 5. The van der Waals surface area contributed by atoms with Gasteiger partial charge in [-0.15, -0.1) is 0 Å². The number of sulfonamides is 1. The van der Waals surface area contributed by atoms with E-state index in [4.69, 9.17) is 0 Å². The van der Waals surface area contributed by atoms with Gasteiger partial charge in [-0.1, -0.05) is 42.5 Å². The largest absolute Gasteiger partial charge is 0.387 e. The van der Waals surface area contributed by atoms with Gasteiger partial charge in [0.25, 0.3) is 10.0 Å². The molecule has 1 unspecified atom stereocenters. The second kappa shape index (κ2) is 9.97. The van der Waals surface area contributed by atoms with Gasteiger partial charge in [0.05, 0.1) is 28.4 Å². The second-order valence-electron chi connectivity index (χ2n) is 9.00. The zero-order chi connectivity index (χ0) is 24.2. The minimum absolute atomic E-state index is 0.190. The molecule has 0 spiro atoms. The van der Waals surface area contributed by atoms with Crippen LogP contribution in [0.2, 0.25) is 0 Å². The summed E-state index contributed by atoms with van der Waals surface area (Å²) in [4.78, 5) is 4.63. The molecular formula is C26H30N4O3S.